The van der Waals surface area contributed by atoms with Crippen molar-refractivity contribution in [1.82, 2.24) is 5.06 Å². The second-order valence-electron chi connectivity index (χ2n) is 7.44. The molecule has 1 spiro atoms. The minimum atomic E-state index is -0.465. The van der Waals surface area contributed by atoms with Crippen LogP contribution in [0.2, 0.25) is 5.02 Å². The second kappa shape index (κ2) is 8.43. The topological polar surface area (TPSA) is 63.2 Å². The minimum Gasteiger partial charge on any atom is -0.388 e. The maximum absolute atomic E-state index is 12.3. The number of amides is 1. The molecule has 0 saturated carbocycles. The number of carbonyl (C=O) groups excluding carboxylic acids is 1. The van der Waals surface area contributed by atoms with Crippen LogP contribution in [0.5, 0.6) is 0 Å². The van der Waals surface area contributed by atoms with E-state index in [2.05, 4.69) is 17.4 Å². The van der Waals surface area contributed by atoms with E-state index in [0.29, 0.717) is 18.1 Å². The standard InChI is InChI=1S/C22H24ClN3O3/c1-2-16-5-3-4-6-19(16)24-21(27)28-26-13-11-22(12-14-26)15-20(25-29-22)17-7-9-18(23)10-8-17/h3-10H,2,11-15H2,1H3,(H,24,27). The molecule has 1 saturated heterocycles. The van der Waals surface area contributed by atoms with Crippen LogP contribution in [0, 0.1) is 0 Å². The van der Waals surface area contributed by atoms with E-state index < -0.39 is 6.09 Å². The summed E-state index contributed by atoms with van der Waals surface area (Å²) in [6.07, 6.45) is 2.61. The fourth-order valence-electron chi connectivity index (χ4n) is 3.77. The van der Waals surface area contributed by atoms with E-state index in [1.807, 2.05) is 48.5 Å². The fourth-order valence-corrected chi connectivity index (χ4v) is 3.90. The molecule has 0 unspecified atom stereocenters. The molecule has 2 aliphatic heterocycles. The number of hydrogen-bond acceptors (Lipinski definition) is 5. The van der Waals surface area contributed by atoms with Crippen molar-refractivity contribution in [2.75, 3.05) is 18.4 Å². The summed E-state index contributed by atoms with van der Waals surface area (Å²) in [4.78, 5) is 23.6. The normalized spacial score (nSPS) is 18.2. The number of aryl methyl sites for hydroxylation is 1. The first-order chi connectivity index (χ1) is 14.1. The van der Waals surface area contributed by atoms with Gasteiger partial charge in [0.1, 0.15) is 5.60 Å². The number of benzene rings is 2. The summed E-state index contributed by atoms with van der Waals surface area (Å²) in [5.41, 5.74) is 3.51. The average Bonchev–Trinajstić information content (AvgIpc) is 3.14. The van der Waals surface area contributed by atoms with Crippen LogP contribution < -0.4 is 5.32 Å². The summed E-state index contributed by atoms with van der Waals surface area (Å²) in [6, 6.07) is 15.4. The van der Waals surface area contributed by atoms with Crippen molar-refractivity contribution in [2.45, 2.75) is 38.2 Å². The van der Waals surface area contributed by atoms with Crippen molar-refractivity contribution in [1.29, 1.82) is 0 Å². The summed E-state index contributed by atoms with van der Waals surface area (Å²) in [5, 5.41) is 9.54. The summed E-state index contributed by atoms with van der Waals surface area (Å²) >= 11 is 5.96. The lowest BCUT2D eigenvalue weighted by atomic mass is 9.86. The smallest absolute Gasteiger partial charge is 0.388 e. The molecule has 2 heterocycles. The van der Waals surface area contributed by atoms with Crippen LogP contribution >= 0.6 is 11.6 Å². The number of hydrogen-bond donors (Lipinski definition) is 1. The first-order valence-corrected chi connectivity index (χ1v) is 10.3. The number of nitrogens with zero attached hydrogens (tertiary/aromatic N) is 2. The molecule has 1 N–H and O–H groups in total. The Balaban J connectivity index is 1.29. The molecule has 0 atom stereocenters. The van der Waals surface area contributed by atoms with E-state index in [1.54, 1.807) is 5.06 Å². The van der Waals surface area contributed by atoms with E-state index in [-0.39, 0.29) is 5.60 Å². The maximum Gasteiger partial charge on any atom is 0.430 e. The Morgan fingerprint density at radius 1 is 1.21 bits per heavy atom. The van der Waals surface area contributed by atoms with E-state index in [0.717, 1.165) is 48.2 Å². The number of carbonyl (C=O) groups is 1. The Morgan fingerprint density at radius 3 is 2.66 bits per heavy atom. The van der Waals surface area contributed by atoms with E-state index in [4.69, 9.17) is 21.3 Å². The molecule has 2 aromatic carbocycles. The molecule has 4 rings (SSSR count). The molecule has 0 bridgehead atoms. The highest BCUT2D eigenvalue weighted by atomic mass is 35.5. The summed E-state index contributed by atoms with van der Waals surface area (Å²) in [7, 11) is 0. The number of para-hydroxylation sites is 1. The van der Waals surface area contributed by atoms with Crippen molar-refractivity contribution >= 4 is 29.1 Å². The molecule has 29 heavy (non-hydrogen) atoms. The van der Waals surface area contributed by atoms with Gasteiger partial charge in [-0.15, -0.1) is 5.06 Å². The number of anilines is 1. The third-order valence-electron chi connectivity index (χ3n) is 5.50. The highest BCUT2D eigenvalue weighted by Crippen LogP contribution is 2.36. The molecule has 0 radical (unpaired) electrons. The van der Waals surface area contributed by atoms with E-state index in [9.17, 15) is 4.79 Å². The summed E-state index contributed by atoms with van der Waals surface area (Å²) < 4.78 is 0. The molecule has 2 aromatic rings. The molecule has 1 amide bonds. The summed E-state index contributed by atoms with van der Waals surface area (Å²) in [5.74, 6) is 0. The molecule has 0 aliphatic carbocycles. The number of hydroxylamine groups is 2. The van der Waals surface area contributed by atoms with Crippen LogP contribution in [0.3, 0.4) is 0 Å². The van der Waals surface area contributed by atoms with Gasteiger partial charge in [0.15, 0.2) is 0 Å². The first-order valence-electron chi connectivity index (χ1n) is 9.90. The molecule has 7 heteroatoms. The lowest BCUT2D eigenvalue weighted by Gasteiger charge is -2.35. The predicted octanol–water partition coefficient (Wildman–Crippen LogP) is 5.03. The lowest BCUT2D eigenvalue weighted by molar-refractivity contribution is -0.154. The maximum atomic E-state index is 12.3. The van der Waals surface area contributed by atoms with Gasteiger partial charge in [-0.3, -0.25) is 5.32 Å². The number of halogens is 1. The predicted molar refractivity (Wildman–Crippen MR) is 113 cm³/mol. The second-order valence-corrected chi connectivity index (χ2v) is 7.88. The van der Waals surface area contributed by atoms with Crippen LogP contribution in [0.25, 0.3) is 0 Å². The van der Waals surface area contributed by atoms with Crippen LogP contribution in [-0.4, -0.2) is 35.6 Å². The van der Waals surface area contributed by atoms with Crippen molar-refractivity contribution in [2.24, 2.45) is 5.16 Å². The van der Waals surface area contributed by atoms with Crippen LogP contribution in [0.4, 0.5) is 10.5 Å². The Bertz CT molecular complexity index is 906. The van der Waals surface area contributed by atoms with Crippen LogP contribution in [0.15, 0.2) is 53.7 Å². The summed E-state index contributed by atoms with van der Waals surface area (Å²) in [6.45, 7) is 3.26. The van der Waals surface area contributed by atoms with Crippen molar-refractivity contribution in [3.63, 3.8) is 0 Å². The SMILES string of the molecule is CCc1ccccc1NC(=O)ON1CCC2(CC1)CC(c1ccc(Cl)cc1)=NO2. The monoisotopic (exact) mass is 413 g/mol. The largest absolute Gasteiger partial charge is 0.430 e. The van der Waals surface area contributed by atoms with Gasteiger partial charge in [0.2, 0.25) is 0 Å². The van der Waals surface area contributed by atoms with Gasteiger partial charge in [0, 0.05) is 43.1 Å². The quantitative estimate of drug-likeness (QED) is 0.763. The third-order valence-corrected chi connectivity index (χ3v) is 5.75. The number of piperidine rings is 1. The molecule has 152 valence electrons. The number of rotatable bonds is 4. The molecule has 1 fully saturated rings. The average molecular weight is 414 g/mol. The van der Waals surface area contributed by atoms with Gasteiger partial charge in [-0.25, -0.2) is 4.79 Å². The van der Waals surface area contributed by atoms with Crippen molar-refractivity contribution in [3.8, 4) is 0 Å². The Labute approximate surface area is 175 Å². The van der Waals surface area contributed by atoms with Gasteiger partial charge in [-0.2, -0.15) is 0 Å². The molecular formula is C22H24ClN3O3. The zero-order valence-electron chi connectivity index (χ0n) is 16.4. The Kier molecular flexibility index (Phi) is 5.74. The van der Waals surface area contributed by atoms with Gasteiger partial charge in [0.25, 0.3) is 0 Å². The third kappa shape index (κ3) is 4.54. The van der Waals surface area contributed by atoms with E-state index >= 15 is 0 Å². The Hall–Kier alpha value is -2.57. The highest BCUT2D eigenvalue weighted by molar-refractivity contribution is 6.30. The first kappa shape index (κ1) is 19.7. The lowest BCUT2D eigenvalue weighted by Crippen LogP contribution is -2.45. The fraction of sp³-hybridized carbons (Fsp3) is 0.364. The molecule has 0 aromatic heterocycles. The van der Waals surface area contributed by atoms with Gasteiger partial charge in [-0.1, -0.05) is 54.0 Å². The Morgan fingerprint density at radius 2 is 1.93 bits per heavy atom. The van der Waals surface area contributed by atoms with Gasteiger partial charge in [0.05, 0.1) is 5.71 Å². The van der Waals surface area contributed by atoms with Crippen LogP contribution in [-0.2, 0) is 16.1 Å². The minimum absolute atomic E-state index is 0.319. The zero-order valence-corrected chi connectivity index (χ0v) is 17.1. The van der Waals surface area contributed by atoms with Crippen LogP contribution in [0.1, 0.15) is 37.3 Å². The molecule has 6 nitrogen and oxygen atoms in total. The molecular weight excluding hydrogens is 390 g/mol. The number of nitrogens with one attached hydrogen (secondary N) is 1. The number of oxime groups is 1. The highest BCUT2D eigenvalue weighted by Gasteiger charge is 2.43. The van der Waals surface area contributed by atoms with Crippen molar-refractivity contribution in [3.05, 3.63) is 64.7 Å². The zero-order chi connectivity index (χ0) is 20.3. The van der Waals surface area contributed by atoms with Gasteiger partial charge >= 0.3 is 6.09 Å². The van der Waals surface area contributed by atoms with E-state index in [1.165, 1.54) is 0 Å². The van der Waals surface area contributed by atoms with Gasteiger partial charge in [-0.05, 0) is 35.7 Å². The van der Waals surface area contributed by atoms with Gasteiger partial charge < -0.3 is 9.68 Å². The van der Waals surface area contributed by atoms with Crippen molar-refractivity contribution < 1.29 is 14.5 Å². The molecule has 2 aliphatic rings.